The first-order valence-electron chi connectivity index (χ1n) is 3.52. The Hall–Kier alpha value is -0.570. The molecule has 0 aliphatic carbocycles. The molecule has 0 radical (unpaired) electrons. The fraction of sp³-hybridized carbons (Fsp3) is 0.500. The lowest BCUT2D eigenvalue weighted by atomic mass is 10.5. The van der Waals surface area contributed by atoms with E-state index in [1.165, 1.54) is 0 Å². The minimum Gasteiger partial charge on any atom is -0.464 e. The Labute approximate surface area is 70.9 Å². The molecular weight excluding hydrogens is 160 g/mol. The molecule has 2 nitrogen and oxygen atoms in total. The second kappa shape index (κ2) is 4.34. The molecule has 1 aromatic rings. The molecule has 0 spiro atoms. The monoisotopic (exact) mass is 172 g/mol. The molecule has 0 N–H and O–H groups in total. The summed E-state index contributed by atoms with van der Waals surface area (Å²) in [5, 5.41) is 0.514. The van der Waals surface area contributed by atoms with Crippen molar-refractivity contribution in [3.63, 3.8) is 0 Å². The molecule has 0 saturated heterocycles. The van der Waals surface area contributed by atoms with Crippen LogP contribution in [0.25, 0.3) is 0 Å². The maximum Gasteiger partial charge on any atom is 0.284 e. The summed E-state index contributed by atoms with van der Waals surface area (Å²) in [6, 6.07) is 3.63. The van der Waals surface area contributed by atoms with Crippen LogP contribution in [0.15, 0.2) is 22.8 Å². The minimum atomic E-state index is 0.514. The van der Waals surface area contributed by atoms with Crippen molar-refractivity contribution < 1.29 is 9.15 Å². The van der Waals surface area contributed by atoms with E-state index in [-0.39, 0.29) is 0 Å². The van der Waals surface area contributed by atoms with E-state index >= 15 is 0 Å². The van der Waals surface area contributed by atoms with E-state index in [0.717, 1.165) is 0 Å². The first-order valence-corrected chi connectivity index (χ1v) is 4.81. The summed E-state index contributed by atoms with van der Waals surface area (Å²) in [7, 11) is 0. The quantitative estimate of drug-likeness (QED) is 0.696. The number of furan rings is 1. The van der Waals surface area contributed by atoms with E-state index in [2.05, 4.69) is 13.2 Å². The van der Waals surface area contributed by atoms with Gasteiger partial charge in [-0.15, -0.1) is 0 Å². The van der Waals surface area contributed by atoms with Gasteiger partial charge in [-0.3, -0.25) is 0 Å². The Bertz CT molecular complexity index is 184. The van der Waals surface area contributed by atoms with Crippen LogP contribution in [0.2, 0.25) is 0 Å². The molecule has 3 heteroatoms. The zero-order valence-electron chi connectivity index (χ0n) is 6.74. The van der Waals surface area contributed by atoms with Crippen LogP contribution in [0, 0.1) is 0 Å². The van der Waals surface area contributed by atoms with Crippen molar-refractivity contribution in [2.75, 3.05) is 12.9 Å². The maximum absolute atomic E-state index is 5.31. The van der Waals surface area contributed by atoms with E-state index in [9.17, 15) is 0 Å². The topological polar surface area (TPSA) is 22.4 Å². The van der Waals surface area contributed by atoms with Crippen LogP contribution >= 0.6 is 11.8 Å². The Morgan fingerprint density at radius 2 is 2.55 bits per heavy atom. The molecule has 1 rings (SSSR count). The minimum absolute atomic E-state index is 0.514. The lowest BCUT2D eigenvalue weighted by molar-refractivity contribution is 0.246. The highest BCUT2D eigenvalue weighted by Crippen LogP contribution is 2.12. The summed E-state index contributed by atoms with van der Waals surface area (Å²) in [5.74, 6) is 0.603. The number of thioether (sulfide) groups is 1. The zero-order chi connectivity index (χ0) is 8.10. The van der Waals surface area contributed by atoms with Crippen molar-refractivity contribution in [3.05, 3.63) is 18.4 Å². The maximum atomic E-state index is 5.31. The van der Waals surface area contributed by atoms with Gasteiger partial charge < -0.3 is 9.15 Å². The molecule has 0 amide bonds. The van der Waals surface area contributed by atoms with Gasteiger partial charge in [0.1, 0.15) is 6.61 Å². The molecule has 1 unspecified atom stereocenters. The van der Waals surface area contributed by atoms with Crippen LogP contribution in [-0.4, -0.2) is 18.1 Å². The predicted octanol–water partition coefficient (Wildman–Crippen LogP) is 2.41. The molecule has 0 saturated carbocycles. The Morgan fingerprint density at radius 3 is 3.09 bits per heavy atom. The lowest BCUT2D eigenvalue weighted by Crippen LogP contribution is -2.09. The van der Waals surface area contributed by atoms with Crippen LogP contribution in [0.5, 0.6) is 5.95 Å². The summed E-state index contributed by atoms with van der Waals surface area (Å²) in [6.45, 7) is 2.82. The van der Waals surface area contributed by atoms with Gasteiger partial charge in [-0.25, -0.2) is 0 Å². The molecular formula is C8H12O2S. The molecule has 0 bridgehead atoms. The SMILES string of the molecule is CSC(C)COc1ccco1. The number of hydrogen-bond acceptors (Lipinski definition) is 3. The van der Waals surface area contributed by atoms with Gasteiger partial charge in [0.15, 0.2) is 0 Å². The Kier molecular flexibility index (Phi) is 3.36. The van der Waals surface area contributed by atoms with Crippen LogP contribution in [0.1, 0.15) is 6.92 Å². The fourth-order valence-electron chi connectivity index (χ4n) is 0.613. The van der Waals surface area contributed by atoms with Gasteiger partial charge in [-0.2, -0.15) is 11.8 Å². The van der Waals surface area contributed by atoms with Gasteiger partial charge in [0, 0.05) is 11.3 Å². The normalized spacial score (nSPS) is 12.9. The predicted molar refractivity (Wildman–Crippen MR) is 47.2 cm³/mol. The van der Waals surface area contributed by atoms with Crippen molar-refractivity contribution in [3.8, 4) is 5.95 Å². The third-order valence-corrected chi connectivity index (χ3v) is 2.30. The van der Waals surface area contributed by atoms with Crippen molar-refractivity contribution in [1.82, 2.24) is 0 Å². The van der Waals surface area contributed by atoms with Crippen molar-refractivity contribution in [2.45, 2.75) is 12.2 Å². The van der Waals surface area contributed by atoms with Gasteiger partial charge in [0.2, 0.25) is 0 Å². The molecule has 62 valence electrons. The van der Waals surface area contributed by atoms with Crippen LogP contribution in [-0.2, 0) is 0 Å². The van der Waals surface area contributed by atoms with E-state index in [4.69, 9.17) is 9.15 Å². The summed E-state index contributed by atoms with van der Waals surface area (Å²) in [5.41, 5.74) is 0. The van der Waals surface area contributed by atoms with E-state index < -0.39 is 0 Å². The Morgan fingerprint density at radius 1 is 1.73 bits per heavy atom. The highest BCUT2D eigenvalue weighted by molar-refractivity contribution is 7.99. The smallest absolute Gasteiger partial charge is 0.284 e. The molecule has 1 heterocycles. The summed E-state index contributed by atoms with van der Waals surface area (Å²) < 4.78 is 10.3. The second-order valence-corrected chi connectivity index (χ2v) is 3.57. The van der Waals surface area contributed by atoms with Gasteiger partial charge in [0.25, 0.3) is 5.95 Å². The average Bonchev–Trinajstić information content (AvgIpc) is 2.52. The Balaban J connectivity index is 2.23. The summed E-state index contributed by atoms with van der Waals surface area (Å²) in [6.07, 6.45) is 3.68. The highest BCUT2D eigenvalue weighted by atomic mass is 32.2. The first kappa shape index (κ1) is 8.53. The summed E-state index contributed by atoms with van der Waals surface area (Å²) >= 11 is 1.78. The second-order valence-electron chi connectivity index (χ2n) is 2.29. The number of ether oxygens (including phenoxy) is 1. The van der Waals surface area contributed by atoms with Crippen molar-refractivity contribution >= 4 is 11.8 Å². The van der Waals surface area contributed by atoms with Crippen molar-refractivity contribution in [2.24, 2.45) is 0 Å². The number of rotatable bonds is 4. The molecule has 0 aromatic carbocycles. The lowest BCUT2D eigenvalue weighted by Gasteiger charge is -2.07. The van der Waals surface area contributed by atoms with E-state index in [1.54, 1.807) is 18.0 Å². The highest BCUT2D eigenvalue weighted by Gasteiger charge is 2.01. The third-order valence-electron chi connectivity index (χ3n) is 1.36. The number of hydrogen-bond donors (Lipinski definition) is 0. The van der Waals surface area contributed by atoms with E-state index in [0.29, 0.717) is 17.8 Å². The molecule has 0 aliphatic rings. The standard InChI is InChI=1S/C8H12O2S/c1-7(11-2)6-10-8-4-3-5-9-8/h3-5,7H,6H2,1-2H3. The van der Waals surface area contributed by atoms with Crippen LogP contribution in [0.3, 0.4) is 0 Å². The van der Waals surface area contributed by atoms with Crippen molar-refractivity contribution in [1.29, 1.82) is 0 Å². The molecule has 1 atom stereocenters. The fourth-order valence-corrected chi connectivity index (χ4v) is 0.817. The largest absolute Gasteiger partial charge is 0.464 e. The zero-order valence-corrected chi connectivity index (χ0v) is 7.56. The van der Waals surface area contributed by atoms with Gasteiger partial charge in [0.05, 0.1) is 6.26 Å². The molecule has 0 aliphatic heterocycles. The van der Waals surface area contributed by atoms with E-state index in [1.807, 2.05) is 12.1 Å². The summed E-state index contributed by atoms with van der Waals surface area (Å²) in [4.78, 5) is 0. The van der Waals surface area contributed by atoms with Crippen LogP contribution in [0.4, 0.5) is 0 Å². The first-order chi connectivity index (χ1) is 5.33. The molecule has 0 fully saturated rings. The third kappa shape index (κ3) is 2.89. The molecule has 11 heavy (non-hydrogen) atoms. The molecule has 1 aromatic heterocycles. The van der Waals surface area contributed by atoms with Crippen LogP contribution < -0.4 is 4.74 Å². The van der Waals surface area contributed by atoms with Gasteiger partial charge >= 0.3 is 0 Å². The average molecular weight is 172 g/mol. The van der Waals surface area contributed by atoms with Gasteiger partial charge in [-0.1, -0.05) is 6.92 Å². The van der Waals surface area contributed by atoms with Gasteiger partial charge in [-0.05, 0) is 12.3 Å².